The van der Waals surface area contributed by atoms with Crippen LogP contribution in [0.4, 0.5) is 22.0 Å². The van der Waals surface area contributed by atoms with Crippen LogP contribution in [0.5, 0.6) is 0 Å². The average molecular weight is 403 g/mol. The zero-order chi connectivity index (χ0) is 20.0. The van der Waals surface area contributed by atoms with E-state index in [1.807, 2.05) is 0 Å². The molecule has 11 heteroatoms. The van der Waals surface area contributed by atoms with Gasteiger partial charge in [0.15, 0.2) is 5.69 Å². The molecule has 0 atom stereocenters. The normalized spacial score (nSPS) is 12.4. The molecule has 142 valence electrons. The summed E-state index contributed by atoms with van der Waals surface area (Å²) in [6.07, 6.45) is -4.81. The number of alkyl halides is 3. The van der Waals surface area contributed by atoms with Gasteiger partial charge in [-0.15, -0.1) is 0 Å². The molecular formula is C16H10F5N3O2S. The molecule has 5 nitrogen and oxygen atoms in total. The highest BCUT2D eigenvalue weighted by Gasteiger charge is 2.35. The second-order valence-corrected chi connectivity index (χ2v) is 7.05. The molecule has 0 aliphatic heterocycles. The number of hydrogen-bond donors (Lipinski definition) is 1. The molecule has 1 aromatic heterocycles. The Labute approximate surface area is 149 Å². The van der Waals surface area contributed by atoms with E-state index in [0.29, 0.717) is 12.1 Å². The second-order valence-electron chi connectivity index (χ2n) is 5.49. The lowest BCUT2D eigenvalue weighted by Crippen LogP contribution is -2.12. The first-order valence-electron chi connectivity index (χ1n) is 7.23. The highest BCUT2D eigenvalue weighted by molar-refractivity contribution is 7.89. The van der Waals surface area contributed by atoms with Gasteiger partial charge in [0, 0.05) is 11.6 Å². The number of nitrogens with two attached hydrogens (primary N) is 1. The van der Waals surface area contributed by atoms with Crippen molar-refractivity contribution in [2.45, 2.75) is 11.1 Å². The van der Waals surface area contributed by atoms with Crippen LogP contribution in [-0.4, -0.2) is 18.2 Å². The highest BCUT2D eigenvalue weighted by Crippen LogP contribution is 2.34. The molecule has 0 saturated carbocycles. The van der Waals surface area contributed by atoms with Crippen LogP contribution in [0.2, 0.25) is 0 Å². The second kappa shape index (κ2) is 6.43. The van der Waals surface area contributed by atoms with E-state index in [0.717, 1.165) is 41.1 Å². The predicted octanol–water partition coefficient (Wildman–Crippen LogP) is 3.48. The SMILES string of the molecule is NS(=O)(=O)c1ccc(-n2nc(C(F)(F)F)cc2-c2ccc(F)cc2F)cc1. The van der Waals surface area contributed by atoms with Crippen LogP contribution in [0.25, 0.3) is 16.9 Å². The Hall–Kier alpha value is -2.79. The molecule has 0 fully saturated rings. The van der Waals surface area contributed by atoms with Gasteiger partial charge in [-0.3, -0.25) is 0 Å². The molecule has 1 heterocycles. The Morgan fingerprint density at radius 2 is 1.59 bits per heavy atom. The van der Waals surface area contributed by atoms with Crippen molar-refractivity contribution in [3.63, 3.8) is 0 Å². The van der Waals surface area contributed by atoms with Crippen LogP contribution >= 0.6 is 0 Å². The maximum atomic E-state index is 14.1. The van der Waals surface area contributed by atoms with Crippen molar-refractivity contribution in [3.8, 4) is 16.9 Å². The molecule has 0 radical (unpaired) electrons. The molecule has 0 bridgehead atoms. The van der Waals surface area contributed by atoms with Gasteiger partial charge < -0.3 is 0 Å². The number of aromatic nitrogens is 2. The van der Waals surface area contributed by atoms with E-state index in [4.69, 9.17) is 5.14 Å². The summed E-state index contributed by atoms with van der Waals surface area (Å²) in [6, 6.07) is 7.50. The van der Waals surface area contributed by atoms with E-state index in [1.54, 1.807) is 0 Å². The Morgan fingerprint density at radius 3 is 2.11 bits per heavy atom. The van der Waals surface area contributed by atoms with E-state index >= 15 is 0 Å². The van der Waals surface area contributed by atoms with E-state index in [1.165, 1.54) is 0 Å². The first kappa shape index (κ1) is 19.0. The van der Waals surface area contributed by atoms with Crippen LogP contribution in [0.1, 0.15) is 5.69 Å². The zero-order valence-electron chi connectivity index (χ0n) is 13.2. The molecule has 0 aliphatic rings. The molecule has 2 aromatic carbocycles. The fourth-order valence-electron chi connectivity index (χ4n) is 2.38. The lowest BCUT2D eigenvalue weighted by Gasteiger charge is -2.09. The molecule has 3 aromatic rings. The summed E-state index contributed by atoms with van der Waals surface area (Å²) in [6.45, 7) is 0. The number of nitrogens with zero attached hydrogens (tertiary/aromatic N) is 2. The third-order valence-electron chi connectivity index (χ3n) is 3.62. The van der Waals surface area contributed by atoms with Gasteiger partial charge in [-0.2, -0.15) is 18.3 Å². The van der Waals surface area contributed by atoms with E-state index < -0.39 is 33.5 Å². The zero-order valence-corrected chi connectivity index (χ0v) is 14.0. The summed E-state index contributed by atoms with van der Waals surface area (Å²) in [7, 11) is -4.00. The van der Waals surface area contributed by atoms with Crippen molar-refractivity contribution in [1.29, 1.82) is 0 Å². The van der Waals surface area contributed by atoms with Gasteiger partial charge in [0.05, 0.1) is 16.3 Å². The monoisotopic (exact) mass is 403 g/mol. The number of primary sulfonamides is 1. The van der Waals surface area contributed by atoms with Crippen molar-refractivity contribution in [1.82, 2.24) is 9.78 Å². The van der Waals surface area contributed by atoms with Gasteiger partial charge in [0.2, 0.25) is 10.0 Å². The van der Waals surface area contributed by atoms with Gasteiger partial charge in [-0.25, -0.2) is 27.0 Å². The Balaban J connectivity index is 2.21. The number of sulfonamides is 1. The molecule has 27 heavy (non-hydrogen) atoms. The van der Waals surface area contributed by atoms with Gasteiger partial charge in [-0.05, 0) is 42.5 Å². The molecule has 0 aliphatic carbocycles. The Bertz CT molecular complexity index is 1110. The van der Waals surface area contributed by atoms with Crippen LogP contribution in [0, 0.1) is 11.6 Å². The van der Waals surface area contributed by atoms with E-state index in [-0.39, 0.29) is 21.8 Å². The average Bonchev–Trinajstić information content (AvgIpc) is 2.99. The first-order valence-corrected chi connectivity index (χ1v) is 8.77. The van der Waals surface area contributed by atoms with Crippen molar-refractivity contribution in [3.05, 3.63) is 65.9 Å². The highest BCUT2D eigenvalue weighted by atomic mass is 32.2. The van der Waals surface area contributed by atoms with Crippen LogP contribution in [-0.2, 0) is 16.2 Å². The van der Waals surface area contributed by atoms with Crippen molar-refractivity contribution in [2.75, 3.05) is 0 Å². The van der Waals surface area contributed by atoms with Gasteiger partial charge in [-0.1, -0.05) is 0 Å². The third kappa shape index (κ3) is 3.83. The quantitative estimate of drug-likeness (QED) is 0.680. The molecule has 3 rings (SSSR count). The summed E-state index contributed by atoms with van der Waals surface area (Å²) >= 11 is 0. The minimum Gasteiger partial charge on any atom is -0.232 e. The number of hydrogen-bond acceptors (Lipinski definition) is 3. The van der Waals surface area contributed by atoms with Crippen molar-refractivity contribution < 1.29 is 30.4 Å². The summed E-state index contributed by atoms with van der Waals surface area (Å²) in [5, 5.41) is 8.41. The predicted molar refractivity (Wildman–Crippen MR) is 85.3 cm³/mol. The number of benzene rings is 2. The summed E-state index contributed by atoms with van der Waals surface area (Å²) in [5.74, 6) is -1.97. The lowest BCUT2D eigenvalue weighted by molar-refractivity contribution is -0.141. The first-order chi connectivity index (χ1) is 12.5. The van der Waals surface area contributed by atoms with Crippen LogP contribution < -0.4 is 5.14 Å². The molecule has 0 amide bonds. The largest absolute Gasteiger partial charge is 0.435 e. The molecule has 2 N–H and O–H groups in total. The standard InChI is InChI=1S/C16H10F5N3O2S/c17-9-1-6-12(13(18)7-9)14-8-15(16(19,20)21)23-24(14)10-2-4-11(5-3-10)27(22,25)26/h1-8H,(H2,22,25,26). The fourth-order valence-corrected chi connectivity index (χ4v) is 2.90. The summed E-state index contributed by atoms with van der Waals surface area (Å²) in [4.78, 5) is -0.260. The number of halogens is 5. The summed E-state index contributed by atoms with van der Waals surface area (Å²) < 4.78 is 89.8. The van der Waals surface area contributed by atoms with Gasteiger partial charge in [0.25, 0.3) is 0 Å². The molecular weight excluding hydrogens is 393 g/mol. The molecule has 0 saturated heterocycles. The minimum atomic E-state index is -4.81. The van der Waals surface area contributed by atoms with Crippen molar-refractivity contribution >= 4 is 10.0 Å². The smallest absolute Gasteiger partial charge is 0.232 e. The van der Waals surface area contributed by atoms with Gasteiger partial charge >= 0.3 is 6.18 Å². The molecule has 0 unspecified atom stereocenters. The Kier molecular flexibility index (Phi) is 4.52. The van der Waals surface area contributed by atoms with E-state index in [9.17, 15) is 30.4 Å². The maximum absolute atomic E-state index is 14.1. The topological polar surface area (TPSA) is 78.0 Å². The molecule has 0 spiro atoms. The van der Waals surface area contributed by atoms with Gasteiger partial charge in [0.1, 0.15) is 11.6 Å². The lowest BCUT2D eigenvalue weighted by atomic mass is 10.1. The third-order valence-corrected chi connectivity index (χ3v) is 4.55. The fraction of sp³-hybridized carbons (Fsp3) is 0.0625. The maximum Gasteiger partial charge on any atom is 0.435 e. The summed E-state index contributed by atoms with van der Waals surface area (Å²) in [5.41, 5.74) is -1.87. The van der Waals surface area contributed by atoms with Crippen LogP contribution in [0.15, 0.2) is 53.4 Å². The van der Waals surface area contributed by atoms with Crippen LogP contribution in [0.3, 0.4) is 0 Å². The number of rotatable bonds is 3. The Morgan fingerprint density at radius 1 is 0.963 bits per heavy atom. The minimum absolute atomic E-state index is 0.0247. The van der Waals surface area contributed by atoms with Crippen molar-refractivity contribution in [2.24, 2.45) is 5.14 Å². The van der Waals surface area contributed by atoms with E-state index in [2.05, 4.69) is 5.10 Å².